The largest absolute Gasteiger partial charge is 0.494 e. The summed E-state index contributed by atoms with van der Waals surface area (Å²) in [6.07, 6.45) is -2.25. The Morgan fingerprint density at radius 3 is 2.17 bits per heavy atom. The van der Waals surface area contributed by atoms with Gasteiger partial charge >= 0.3 is 11.9 Å². The van der Waals surface area contributed by atoms with E-state index in [2.05, 4.69) is 20.0 Å². The van der Waals surface area contributed by atoms with Gasteiger partial charge in [-0.05, 0) is 75.6 Å². The van der Waals surface area contributed by atoms with Gasteiger partial charge in [0.25, 0.3) is 0 Å². The van der Waals surface area contributed by atoms with Crippen molar-refractivity contribution in [1.82, 2.24) is 19.6 Å². The zero-order chi connectivity index (χ0) is 31.4. The van der Waals surface area contributed by atoms with Crippen LogP contribution in [0.25, 0.3) is 11.3 Å². The van der Waals surface area contributed by atoms with Gasteiger partial charge < -0.3 is 35.4 Å². The molecule has 0 spiro atoms. The molecule has 6 N–H and O–H groups in total. The lowest BCUT2D eigenvalue weighted by Gasteiger charge is -2.11. The molecule has 0 saturated carbocycles. The van der Waals surface area contributed by atoms with Gasteiger partial charge in [0.15, 0.2) is 23.8 Å². The summed E-state index contributed by atoms with van der Waals surface area (Å²) < 4.78 is 46.4. The molecule has 0 aliphatic heterocycles. The highest BCUT2D eigenvalue weighted by molar-refractivity contribution is 7.89. The first-order valence-corrected chi connectivity index (χ1v) is 13.7. The Bertz CT molecular complexity index is 1440. The van der Waals surface area contributed by atoms with Crippen LogP contribution >= 0.6 is 0 Å². The van der Waals surface area contributed by atoms with Crippen LogP contribution in [0.5, 0.6) is 5.75 Å². The van der Waals surface area contributed by atoms with Gasteiger partial charge in [0, 0.05) is 24.0 Å². The van der Waals surface area contributed by atoms with Crippen LogP contribution in [-0.2, 0) is 19.6 Å². The highest BCUT2D eigenvalue weighted by Gasteiger charge is 2.29. The maximum Gasteiger partial charge on any atom is 0.335 e. The van der Waals surface area contributed by atoms with Crippen molar-refractivity contribution in [3.05, 3.63) is 60.5 Å². The van der Waals surface area contributed by atoms with Crippen molar-refractivity contribution in [1.29, 1.82) is 0 Å². The molecule has 0 amide bonds. The van der Waals surface area contributed by atoms with E-state index >= 15 is 0 Å². The monoisotopic (exact) mass is 609 g/mol. The summed E-state index contributed by atoms with van der Waals surface area (Å²) in [7, 11) is 1.71. The number of hydrogen-bond acceptors (Lipinski definition) is 11. The second-order valence-electron chi connectivity index (χ2n) is 8.88. The van der Waals surface area contributed by atoms with E-state index in [9.17, 15) is 22.4 Å². The minimum atomic E-state index is -3.57. The second-order valence-corrected chi connectivity index (χ2v) is 10.7. The summed E-state index contributed by atoms with van der Waals surface area (Å²) in [6.45, 7) is 1.17. The number of carboxylic acids is 2. The molecule has 1 aromatic heterocycles. The van der Waals surface area contributed by atoms with Crippen molar-refractivity contribution in [3.63, 3.8) is 0 Å². The quantitative estimate of drug-likeness (QED) is 0.150. The van der Waals surface area contributed by atoms with Crippen molar-refractivity contribution in [2.24, 2.45) is 0 Å². The molecular formula is C26H32FN5O9S. The third kappa shape index (κ3) is 10.3. The third-order valence-corrected chi connectivity index (χ3v) is 6.88. The first-order chi connectivity index (χ1) is 19.7. The number of sulfonamides is 1. The molecule has 1 heterocycles. The maximum atomic E-state index is 14.0. The smallest absolute Gasteiger partial charge is 0.335 e. The van der Waals surface area contributed by atoms with Crippen LogP contribution in [-0.4, -0.2) is 102 Å². The lowest BCUT2D eigenvalue weighted by atomic mass is 10.1. The minimum absolute atomic E-state index is 0.156. The van der Waals surface area contributed by atoms with Crippen LogP contribution in [0.1, 0.15) is 6.42 Å². The Labute approximate surface area is 241 Å². The molecule has 2 atom stereocenters. The Morgan fingerprint density at radius 2 is 1.64 bits per heavy atom. The molecule has 0 fully saturated rings. The maximum absolute atomic E-state index is 14.0. The highest BCUT2D eigenvalue weighted by Crippen LogP contribution is 2.25. The summed E-state index contributed by atoms with van der Waals surface area (Å²) in [5, 5.41) is 35.6. The van der Waals surface area contributed by atoms with Crippen LogP contribution in [0.15, 0.2) is 59.6 Å². The average Bonchev–Trinajstić information content (AvgIpc) is 2.95. The number of anilines is 2. The minimum Gasteiger partial charge on any atom is -0.494 e. The lowest BCUT2D eigenvalue weighted by Crippen LogP contribution is -2.39. The van der Waals surface area contributed by atoms with Crippen LogP contribution in [0.4, 0.5) is 16.0 Å². The summed E-state index contributed by atoms with van der Waals surface area (Å²) in [6, 6.07) is 12.6. The van der Waals surface area contributed by atoms with E-state index in [4.69, 9.17) is 25.2 Å². The molecule has 42 heavy (non-hydrogen) atoms. The number of rotatable bonds is 13. The van der Waals surface area contributed by atoms with E-state index in [0.29, 0.717) is 29.4 Å². The fraction of sp³-hybridized carbons (Fsp3) is 0.308. The van der Waals surface area contributed by atoms with Crippen molar-refractivity contribution in [2.75, 3.05) is 39.6 Å². The molecule has 0 saturated heterocycles. The van der Waals surface area contributed by atoms with E-state index < -0.39 is 40.0 Å². The Morgan fingerprint density at radius 1 is 1.02 bits per heavy atom. The van der Waals surface area contributed by atoms with Crippen LogP contribution in [0.2, 0.25) is 0 Å². The molecule has 3 rings (SSSR count). The number of carbonyl (C=O) groups is 2. The highest BCUT2D eigenvalue weighted by atomic mass is 32.2. The molecule has 2 unspecified atom stereocenters. The molecule has 0 aliphatic carbocycles. The topological polar surface area (TPSA) is 212 Å². The van der Waals surface area contributed by atoms with E-state index in [1.165, 1.54) is 31.4 Å². The molecule has 16 heteroatoms. The second kappa shape index (κ2) is 15.7. The Hall–Kier alpha value is -4.22. The predicted molar refractivity (Wildman–Crippen MR) is 149 cm³/mol. The molecule has 2 aromatic carbocycles. The summed E-state index contributed by atoms with van der Waals surface area (Å²) in [4.78, 5) is 30.3. The van der Waals surface area contributed by atoms with Gasteiger partial charge in [-0.3, -0.25) is 0 Å². The average molecular weight is 610 g/mol. The zero-order valence-electron chi connectivity index (χ0n) is 22.9. The molecule has 0 radical (unpaired) electrons. The fourth-order valence-corrected chi connectivity index (χ4v) is 4.28. The normalized spacial score (nSPS) is 12.5. The van der Waals surface area contributed by atoms with Crippen molar-refractivity contribution in [2.45, 2.75) is 23.5 Å². The van der Waals surface area contributed by atoms with Gasteiger partial charge in [-0.2, -0.15) is 0 Å². The number of benzene rings is 2. The van der Waals surface area contributed by atoms with Crippen molar-refractivity contribution in [3.8, 4) is 17.0 Å². The molecule has 228 valence electrons. The number of aliphatic hydroxyl groups is 2. The number of aliphatic carboxylic acids is 2. The summed E-state index contributed by atoms with van der Waals surface area (Å²) in [5.74, 6) is -3.56. The van der Waals surface area contributed by atoms with Gasteiger partial charge in [0.2, 0.25) is 16.0 Å². The zero-order valence-corrected chi connectivity index (χ0v) is 23.7. The van der Waals surface area contributed by atoms with Gasteiger partial charge in [-0.1, -0.05) is 0 Å². The number of aromatic nitrogens is 2. The number of carboxylic acid groups (broad SMARTS) is 2. The number of methoxy groups -OCH3 is 1. The lowest BCUT2D eigenvalue weighted by molar-refractivity contribution is -0.165. The standard InChI is InChI=1S/C22H26FN5O3S.C4H6O6/c1-28(2)14-4-12-25-32(29,30)18-8-6-17(7-9-18)26-22-24-13-11-20(27-22)16-5-10-21(31-3)19(23)15-16;5-1(3(7)8)2(6)4(9)10/h5-11,13,15,25H,4,12,14H2,1-3H3,(H,24,26,27);1-2,5-6H,(H,7,8)(H,9,10). The molecular weight excluding hydrogens is 577 g/mol. The molecule has 0 aliphatic rings. The first-order valence-electron chi connectivity index (χ1n) is 12.3. The number of aliphatic hydroxyl groups excluding tert-OH is 2. The Kier molecular flexibility index (Phi) is 12.7. The van der Waals surface area contributed by atoms with Crippen molar-refractivity contribution < 1.29 is 47.6 Å². The number of nitrogens with zero attached hydrogens (tertiary/aromatic N) is 3. The van der Waals surface area contributed by atoms with E-state index in [-0.39, 0.29) is 10.6 Å². The number of halogens is 1. The van der Waals surface area contributed by atoms with E-state index in [1.807, 2.05) is 19.0 Å². The van der Waals surface area contributed by atoms with Gasteiger partial charge in [0.05, 0.1) is 17.7 Å². The van der Waals surface area contributed by atoms with Crippen LogP contribution in [0.3, 0.4) is 0 Å². The van der Waals surface area contributed by atoms with Gasteiger partial charge in [-0.15, -0.1) is 0 Å². The predicted octanol–water partition coefficient (Wildman–Crippen LogP) is 1.14. The summed E-state index contributed by atoms with van der Waals surface area (Å²) >= 11 is 0. The number of nitrogens with one attached hydrogen (secondary N) is 2. The van der Waals surface area contributed by atoms with Gasteiger partial charge in [0.1, 0.15) is 0 Å². The first kappa shape index (κ1) is 34.0. The van der Waals surface area contributed by atoms with Crippen molar-refractivity contribution >= 4 is 33.6 Å². The molecule has 3 aromatic rings. The summed E-state index contributed by atoms with van der Waals surface area (Å²) in [5.41, 5.74) is 1.73. The SMILES string of the molecule is COc1ccc(-c2ccnc(Nc3ccc(S(=O)(=O)NCCCN(C)C)cc3)n2)cc1F.O=C(O)C(O)C(O)C(=O)O. The number of ether oxygens (including phenoxy) is 1. The number of hydrogen-bond donors (Lipinski definition) is 6. The molecule has 0 bridgehead atoms. The van der Waals surface area contributed by atoms with E-state index in [0.717, 1.165) is 13.0 Å². The van der Waals surface area contributed by atoms with E-state index in [1.54, 1.807) is 30.5 Å². The van der Waals surface area contributed by atoms with Crippen LogP contribution in [0, 0.1) is 5.82 Å². The van der Waals surface area contributed by atoms with Crippen LogP contribution < -0.4 is 14.8 Å². The van der Waals surface area contributed by atoms with Gasteiger partial charge in [-0.25, -0.2) is 37.1 Å². The fourth-order valence-electron chi connectivity index (χ4n) is 3.21. The molecule has 14 nitrogen and oxygen atoms in total. The Balaban J connectivity index is 0.000000528. The third-order valence-electron chi connectivity index (χ3n) is 5.40.